The topological polar surface area (TPSA) is 176 Å². The van der Waals surface area contributed by atoms with Crippen molar-refractivity contribution in [2.45, 2.75) is 141 Å². The highest BCUT2D eigenvalue weighted by Crippen LogP contribution is 2.46. The molecule has 82 heavy (non-hydrogen) atoms. The summed E-state index contributed by atoms with van der Waals surface area (Å²) in [7, 11) is 1.57. The second kappa shape index (κ2) is 22.4. The number of morpholine rings is 1. The fourth-order valence-electron chi connectivity index (χ4n) is 14.4. The number of anilines is 1. The zero-order valence-electron chi connectivity index (χ0n) is 48.4. The van der Waals surface area contributed by atoms with E-state index in [-0.39, 0.29) is 60.6 Å². The Balaban J connectivity index is 0.897. The van der Waals surface area contributed by atoms with Gasteiger partial charge in [0.25, 0.3) is 5.91 Å². The third-order valence-electron chi connectivity index (χ3n) is 19.0. The molecular weight excluding hydrogens is 1050 g/mol. The number of esters is 1. The van der Waals surface area contributed by atoms with E-state index in [9.17, 15) is 14.4 Å². The number of halogens is 3. The molecule has 1 spiro atoms. The number of aromatic nitrogens is 2. The van der Waals surface area contributed by atoms with Crippen molar-refractivity contribution in [2.75, 3.05) is 90.7 Å². The van der Waals surface area contributed by atoms with Crippen LogP contribution in [0.5, 0.6) is 0 Å². The van der Waals surface area contributed by atoms with E-state index < -0.39 is 48.3 Å². The van der Waals surface area contributed by atoms with Gasteiger partial charge in [-0.15, -0.1) is 0 Å². The number of cyclic esters (lactones) is 1. The van der Waals surface area contributed by atoms with Crippen LogP contribution in [0.3, 0.4) is 0 Å². The van der Waals surface area contributed by atoms with Crippen molar-refractivity contribution in [1.29, 1.82) is 0 Å². The summed E-state index contributed by atoms with van der Waals surface area (Å²) < 4.78 is 65.1. The molecule has 1 unspecified atom stereocenters. The first-order chi connectivity index (χ1) is 39.2. The number of pyridine rings is 1. The number of carbonyl (C=O) groups excluding carboxylic acids is 4. The Morgan fingerprint density at radius 3 is 2.54 bits per heavy atom. The maximum Gasteiger partial charge on any atom is 0.406 e. The van der Waals surface area contributed by atoms with E-state index in [0.717, 1.165) is 48.3 Å². The van der Waals surface area contributed by atoms with Crippen LogP contribution in [0.25, 0.3) is 33.3 Å². The van der Waals surface area contributed by atoms with E-state index in [1.165, 1.54) is 22.4 Å². The molecule has 2 aromatic heterocycles. The zero-order chi connectivity index (χ0) is 57.4. The van der Waals surface area contributed by atoms with Crippen LogP contribution < -0.4 is 21.0 Å². The Labute approximate surface area is 478 Å². The number of carbonyl (C=O) groups is 4. The molecule has 1 saturated carbocycles. The maximum atomic E-state index is 15.3. The normalized spacial score (nSPS) is 28.1. The third kappa shape index (κ3) is 11.6. The summed E-state index contributed by atoms with van der Waals surface area (Å²) in [6, 6.07) is 13.3. The Morgan fingerprint density at radius 1 is 0.951 bits per heavy atom. The monoisotopic (exact) mass is 1130 g/mol. The van der Waals surface area contributed by atoms with Crippen LogP contribution in [-0.2, 0) is 52.8 Å². The first-order valence-corrected chi connectivity index (χ1v) is 30.0. The number of hydrogen-bond donors (Lipinski definition) is 3. The van der Waals surface area contributed by atoms with E-state index in [4.69, 9.17) is 19.2 Å². The maximum absolute atomic E-state index is 15.3. The number of fused-ring (bicyclic) bond motifs is 7. The number of hydrazine groups is 1. The Kier molecular flexibility index (Phi) is 15.5. The minimum atomic E-state index is -4.61. The molecule has 3 amide bonds. The summed E-state index contributed by atoms with van der Waals surface area (Å²) in [4.78, 5) is 71.8. The van der Waals surface area contributed by atoms with Gasteiger partial charge in [-0.1, -0.05) is 58.0 Å². The van der Waals surface area contributed by atoms with Gasteiger partial charge in [-0.3, -0.25) is 44.3 Å². The molecule has 17 nitrogen and oxygen atoms in total. The number of rotatable bonds is 11. The van der Waals surface area contributed by atoms with Gasteiger partial charge in [0.15, 0.2) is 0 Å². The predicted octanol–water partition coefficient (Wildman–Crippen LogP) is 6.51. The minimum Gasteiger partial charge on any atom is -0.464 e. The lowest BCUT2D eigenvalue weighted by Crippen LogP contribution is -2.62. The molecule has 9 heterocycles. The highest BCUT2D eigenvalue weighted by Gasteiger charge is 2.55. The van der Waals surface area contributed by atoms with Crippen LogP contribution in [0, 0.1) is 22.7 Å². The van der Waals surface area contributed by atoms with Gasteiger partial charge >= 0.3 is 12.1 Å². The van der Waals surface area contributed by atoms with Crippen molar-refractivity contribution in [3.8, 4) is 22.4 Å². The van der Waals surface area contributed by atoms with E-state index >= 15 is 18.0 Å². The molecule has 442 valence electrons. The fraction of sp³-hybridized carbons (Fsp3) is 0.629. The van der Waals surface area contributed by atoms with Crippen molar-refractivity contribution >= 4 is 40.3 Å². The van der Waals surface area contributed by atoms with Crippen molar-refractivity contribution in [3.05, 3.63) is 71.5 Å². The number of ether oxygens (including phenoxy) is 3. The number of likely N-dealkylation sites (tertiary alicyclic amines) is 2. The molecule has 6 saturated heterocycles. The Hall–Kier alpha value is -5.64. The van der Waals surface area contributed by atoms with Gasteiger partial charge < -0.3 is 33.9 Å². The van der Waals surface area contributed by atoms with Crippen LogP contribution in [0.2, 0.25) is 0 Å². The molecule has 12 rings (SSSR count). The number of hydrogen-bond acceptors (Lipinski definition) is 13. The van der Waals surface area contributed by atoms with Crippen LogP contribution in [0.15, 0.2) is 54.7 Å². The van der Waals surface area contributed by atoms with Crippen molar-refractivity contribution in [1.82, 2.24) is 45.3 Å². The average molecular weight is 1140 g/mol. The number of methoxy groups -OCH3 is 1. The Morgan fingerprint density at radius 2 is 1.76 bits per heavy atom. The van der Waals surface area contributed by atoms with E-state index in [1.807, 2.05) is 82.0 Å². The third-order valence-corrected chi connectivity index (χ3v) is 19.0. The molecule has 0 radical (unpaired) electrons. The molecule has 1 aliphatic carbocycles. The second-order valence-electron chi connectivity index (χ2n) is 26.1. The summed E-state index contributed by atoms with van der Waals surface area (Å²) in [6.45, 7) is 15.9. The highest BCUT2D eigenvalue weighted by molar-refractivity contribution is 5.96. The van der Waals surface area contributed by atoms with Gasteiger partial charge in [-0.2, -0.15) is 13.2 Å². The first kappa shape index (κ1) is 56.8. The standard InChI is InChI=1S/C62H81F3N10O7/c1-37(2)54(72-19-16-61(33-72)17-20-73(34-61)58(78)53-52(68-53)40-12-13-40)56(76)67-49-26-39-9-7-10-41(25-39)42-14-15-50-45(27-42)47(29-60(4,5)36-82-59(79)48-11-8-18-75(69-48)57(49)77)55(74(50)35-62(63,64)65)46-28-43(30-66-51(46)38(3)80-6)71-22-21-70-23-24-81-32-44(70)31-71/h7,9-10,14-15,25,27-28,30,37-38,40,44,48-49,52-54,68-69H,8,11-13,16-24,26,29,31-36H2,1-6H3,(H,67,76)/t38-,44?,48-,49-,52+,53+,54-,61-/m0/s1. The minimum absolute atomic E-state index is 0.0710. The van der Waals surface area contributed by atoms with Gasteiger partial charge in [-0.05, 0) is 111 Å². The van der Waals surface area contributed by atoms with E-state index in [1.54, 1.807) is 19.4 Å². The second-order valence-corrected chi connectivity index (χ2v) is 26.1. The lowest BCUT2D eigenvalue weighted by Gasteiger charge is -2.44. The van der Waals surface area contributed by atoms with Crippen LogP contribution in [0.4, 0.5) is 18.9 Å². The quantitative estimate of drug-likeness (QED) is 0.110. The molecule has 20 heteroatoms. The molecule has 8 aliphatic rings. The smallest absolute Gasteiger partial charge is 0.406 e. The predicted molar refractivity (Wildman–Crippen MR) is 304 cm³/mol. The molecule has 7 aliphatic heterocycles. The number of alkyl halides is 3. The molecular formula is C62H81F3N10O7. The molecule has 7 fully saturated rings. The summed E-state index contributed by atoms with van der Waals surface area (Å²) in [5.74, 6) is -0.471. The Bertz CT molecular complexity index is 3090. The number of nitrogens with one attached hydrogen (secondary N) is 3. The SMILES string of the molecule is CO[C@@H](C)c1ncc(N2CCN3CCOCC3C2)cc1-c1c2c3cc(ccc3n1CC(F)(F)F)-c1cccc(c1)C[C@H](NC(=O)[C@H](C(C)C)N1CC[C@]3(CCN(C(=O)[C@@H]4N[C@@H]4C4CC4)C3)C1)C(=O)N1CCC[C@H](N1)C(=O)OCC(C)(C)C2. The molecule has 8 atom stereocenters. The van der Waals surface area contributed by atoms with Crippen molar-refractivity contribution in [3.63, 3.8) is 0 Å². The van der Waals surface area contributed by atoms with Crippen molar-refractivity contribution in [2.24, 2.45) is 22.7 Å². The zero-order valence-corrected chi connectivity index (χ0v) is 48.4. The van der Waals surface area contributed by atoms with Gasteiger partial charge in [0.2, 0.25) is 11.8 Å². The van der Waals surface area contributed by atoms with Gasteiger partial charge in [0.1, 0.15) is 24.7 Å². The summed E-state index contributed by atoms with van der Waals surface area (Å²) in [6.07, 6.45) is 1.98. The summed E-state index contributed by atoms with van der Waals surface area (Å²) in [5, 5.41) is 8.73. The number of piperazine rings is 1. The lowest BCUT2D eigenvalue weighted by atomic mass is 9.84. The highest BCUT2D eigenvalue weighted by atomic mass is 19.4. The van der Waals surface area contributed by atoms with Crippen molar-refractivity contribution < 1.29 is 46.6 Å². The molecule has 6 bridgehead atoms. The fourth-order valence-corrected chi connectivity index (χ4v) is 14.4. The number of benzene rings is 2. The molecule has 3 N–H and O–H groups in total. The van der Waals surface area contributed by atoms with Crippen LogP contribution >= 0.6 is 0 Å². The lowest BCUT2D eigenvalue weighted by molar-refractivity contribution is -0.155. The van der Waals surface area contributed by atoms with E-state index in [0.29, 0.717) is 117 Å². The number of nitrogens with zero attached hydrogens (tertiary/aromatic N) is 7. The molecule has 2 aromatic carbocycles. The molecule has 4 aromatic rings. The van der Waals surface area contributed by atoms with E-state index in [2.05, 4.69) is 30.8 Å². The number of amides is 3. The van der Waals surface area contributed by atoms with Crippen LogP contribution in [0.1, 0.15) is 96.1 Å². The first-order valence-electron chi connectivity index (χ1n) is 30.0. The summed E-state index contributed by atoms with van der Waals surface area (Å²) in [5.41, 5.74) is 7.79. The summed E-state index contributed by atoms with van der Waals surface area (Å²) >= 11 is 0. The van der Waals surface area contributed by atoms with Gasteiger partial charge in [0.05, 0.1) is 61.3 Å². The van der Waals surface area contributed by atoms with Gasteiger partial charge in [0, 0.05) is 99.2 Å². The van der Waals surface area contributed by atoms with Gasteiger partial charge in [-0.25, -0.2) is 5.43 Å². The average Bonchev–Trinajstić information content (AvgIpc) is 4.56. The largest absolute Gasteiger partial charge is 0.464 e. The van der Waals surface area contributed by atoms with Crippen LogP contribution in [-0.4, -0.2) is 181 Å².